The van der Waals surface area contributed by atoms with E-state index >= 15 is 0 Å². The predicted molar refractivity (Wildman–Crippen MR) is 106 cm³/mol. The minimum atomic E-state index is -0.743. The maximum absolute atomic E-state index is 12.0. The molecule has 0 atom stereocenters. The third-order valence-electron chi connectivity index (χ3n) is 3.92. The summed E-state index contributed by atoms with van der Waals surface area (Å²) in [5.74, 6) is -1.69. The first kappa shape index (κ1) is 21.6. The lowest BCUT2D eigenvalue weighted by molar-refractivity contribution is -0.148. The van der Waals surface area contributed by atoms with Gasteiger partial charge in [-0.1, -0.05) is 48.5 Å². The van der Waals surface area contributed by atoms with Gasteiger partial charge in [-0.25, -0.2) is 4.79 Å². The maximum atomic E-state index is 12.0. The molecule has 8 nitrogen and oxygen atoms in total. The summed E-state index contributed by atoms with van der Waals surface area (Å²) in [5.41, 5.74) is 2.24. The van der Waals surface area contributed by atoms with E-state index in [1.807, 2.05) is 49.4 Å². The van der Waals surface area contributed by atoms with Crippen LogP contribution in [0.5, 0.6) is 0 Å². The van der Waals surface area contributed by atoms with E-state index in [4.69, 9.17) is 4.74 Å². The first-order valence-corrected chi connectivity index (χ1v) is 9.07. The van der Waals surface area contributed by atoms with Crippen molar-refractivity contribution in [1.82, 2.24) is 16.0 Å². The average molecular weight is 397 g/mol. The maximum Gasteiger partial charge on any atom is 0.321 e. The number of carbonyl (C=O) groups is 4. The minimum Gasteiger partial charge on any atom is -0.456 e. The molecule has 4 amide bonds. The van der Waals surface area contributed by atoms with Gasteiger partial charge in [-0.05, 0) is 24.1 Å². The Bertz CT molecular complexity index is 868. The lowest BCUT2D eigenvalue weighted by Gasteiger charge is -2.09. The molecule has 3 N–H and O–H groups in total. The molecule has 0 saturated carbocycles. The molecule has 0 aliphatic carbocycles. The quantitative estimate of drug-likeness (QED) is 0.587. The van der Waals surface area contributed by atoms with Crippen LogP contribution in [0.25, 0.3) is 0 Å². The Hall–Kier alpha value is -3.68. The van der Waals surface area contributed by atoms with Crippen molar-refractivity contribution in [2.75, 3.05) is 13.2 Å². The van der Waals surface area contributed by atoms with Crippen LogP contribution in [0.1, 0.15) is 27.9 Å². The van der Waals surface area contributed by atoms with Crippen LogP contribution in [0, 0.1) is 6.92 Å². The van der Waals surface area contributed by atoms with Crippen molar-refractivity contribution in [2.24, 2.45) is 0 Å². The monoisotopic (exact) mass is 397 g/mol. The number of rotatable bonds is 8. The van der Waals surface area contributed by atoms with Crippen molar-refractivity contribution >= 4 is 23.8 Å². The molecule has 0 aliphatic rings. The van der Waals surface area contributed by atoms with Crippen molar-refractivity contribution in [3.8, 4) is 0 Å². The topological polar surface area (TPSA) is 114 Å². The Balaban J connectivity index is 1.60. The first-order chi connectivity index (χ1) is 14.0. The molecule has 0 aromatic heterocycles. The summed E-state index contributed by atoms with van der Waals surface area (Å²) in [7, 11) is 0. The highest BCUT2D eigenvalue weighted by molar-refractivity contribution is 5.96. The van der Waals surface area contributed by atoms with Gasteiger partial charge in [0.2, 0.25) is 0 Å². The number of carbonyl (C=O) groups excluding carboxylic acids is 4. The van der Waals surface area contributed by atoms with Gasteiger partial charge in [0, 0.05) is 18.7 Å². The van der Waals surface area contributed by atoms with Crippen LogP contribution in [0.15, 0.2) is 54.6 Å². The van der Waals surface area contributed by atoms with Gasteiger partial charge in [0.15, 0.2) is 6.61 Å². The molecule has 2 rings (SSSR count). The summed E-state index contributed by atoms with van der Waals surface area (Å²) in [5, 5.41) is 7.22. The SMILES string of the molecule is Cc1ccccc1C(=O)NCCC(=O)OCC(=O)NC(=O)NCc1ccccc1. The number of aryl methyl sites for hydroxylation is 1. The van der Waals surface area contributed by atoms with Crippen molar-refractivity contribution in [1.29, 1.82) is 0 Å². The molecule has 0 saturated heterocycles. The highest BCUT2D eigenvalue weighted by Crippen LogP contribution is 2.06. The zero-order valence-electron chi connectivity index (χ0n) is 16.1. The number of urea groups is 1. The molecule has 8 heteroatoms. The average Bonchev–Trinajstić information content (AvgIpc) is 2.72. The summed E-state index contributed by atoms with van der Waals surface area (Å²) in [6.45, 7) is 1.58. The minimum absolute atomic E-state index is 0.0746. The molecule has 0 unspecified atom stereocenters. The standard InChI is InChI=1S/C21H23N3O5/c1-15-7-5-6-10-17(15)20(27)22-12-11-19(26)29-14-18(25)24-21(28)23-13-16-8-3-2-4-9-16/h2-10H,11-14H2,1H3,(H,22,27)(H2,23,24,25,28). The van der Waals surface area contributed by atoms with Crippen molar-refractivity contribution in [2.45, 2.75) is 19.9 Å². The van der Waals surface area contributed by atoms with Crippen molar-refractivity contribution in [3.63, 3.8) is 0 Å². The van der Waals surface area contributed by atoms with Gasteiger partial charge in [-0.3, -0.25) is 19.7 Å². The van der Waals surface area contributed by atoms with Crippen LogP contribution in [0.3, 0.4) is 0 Å². The molecule has 0 heterocycles. The lowest BCUT2D eigenvalue weighted by atomic mass is 10.1. The second-order valence-electron chi connectivity index (χ2n) is 6.20. The van der Waals surface area contributed by atoms with Crippen LogP contribution >= 0.6 is 0 Å². The number of nitrogens with one attached hydrogen (secondary N) is 3. The second-order valence-corrected chi connectivity index (χ2v) is 6.20. The van der Waals surface area contributed by atoms with E-state index in [0.717, 1.165) is 11.1 Å². The third kappa shape index (κ3) is 7.84. The van der Waals surface area contributed by atoms with Gasteiger partial charge in [0.25, 0.3) is 11.8 Å². The zero-order chi connectivity index (χ0) is 21.1. The first-order valence-electron chi connectivity index (χ1n) is 9.07. The highest BCUT2D eigenvalue weighted by atomic mass is 16.5. The molecule has 0 bridgehead atoms. The molecule has 2 aromatic carbocycles. The Kier molecular flexibility index (Phi) is 8.37. The van der Waals surface area contributed by atoms with Gasteiger partial charge in [-0.2, -0.15) is 0 Å². The molecular weight excluding hydrogens is 374 g/mol. The van der Waals surface area contributed by atoms with Gasteiger partial charge < -0.3 is 15.4 Å². The fraction of sp³-hybridized carbons (Fsp3) is 0.238. The van der Waals surface area contributed by atoms with Crippen LogP contribution < -0.4 is 16.0 Å². The van der Waals surface area contributed by atoms with E-state index in [2.05, 4.69) is 16.0 Å². The molecule has 0 spiro atoms. The normalized spacial score (nSPS) is 9.97. The van der Waals surface area contributed by atoms with Gasteiger partial charge in [0.1, 0.15) is 0 Å². The van der Waals surface area contributed by atoms with E-state index in [-0.39, 0.29) is 25.4 Å². The lowest BCUT2D eigenvalue weighted by Crippen LogP contribution is -2.41. The molecule has 0 aliphatic heterocycles. The third-order valence-corrected chi connectivity index (χ3v) is 3.92. The van der Waals surface area contributed by atoms with Crippen LogP contribution in [-0.4, -0.2) is 37.0 Å². The fourth-order valence-corrected chi connectivity index (χ4v) is 2.40. The number of esters is 1. The number of benzene rings is 2. The Morgan fingerprint density at radius 3 is 2.31 bits per heavy atom. The van der Waals surface area contributed by atoms with E-state index in [1.54, 1.807) is 12.1 Å². The van der Waals surface area contributed by atoms with Crippen LogP contribution in [0.4, 0.5) is 4.79 Å². The van der Waals surface area contributed by atoms with E-state index in [0.29, 0.717) is 5.56 Å². The number of amides is 4. The number of imide groups is 1. The molecule has 29 heavy (non-hydrogen) atoms. The summed E-state index contributed by atoms with van der Waals surface area (Å²) >= 11 is 0. The summed E-state index contributed by atoms with van der Waals surface area (Å²) in [4.78, 5) is 47.0. The number of hydrogen-bond donors (Lipinski definition) is 3. The Morgan fingerprint density at radius 1 is 0.897 bits per heavy atom. The molecule has 152 valence electrons. The van der Waals surface area contributed by atoms with Gasteiger partial charge in [-0.15, -0.1) is 0 Å². The fourth-order valence-electron chi connectivity index (χ4n) is 2.40. The Morgan fingerprint density at radius 2 is 1.59 bits per heavy atom. The van der Waals surface area contributed by atoms with E-state index < -0.39 is 24.5 Å². The van der Waals surface area contributed by atoms with E-state index in [9.17, 15) is 19.2 Å². The van der Waals surface area contributed by atoms with Crippen LogP contribution in [0.2, 0.25) is 0 Å². The largest absolute Gasteiger partial charge is 0.456 e. The molecule has 0 radical (unpaired) electrons. The predicted octanol–water partition coefficient (Wildman–Crippen LogP) is 1.68. The summed E-state index contributed by atoms with van der Waals surface area (Å²) < 4.78 is 4.80. The number of hydrogen-bond acceptors (Lipinski definition) is 5. The number of ether oxygens (including phenoxy) is 1. The second kappa shape index (κ2) is 11.2. The highest BCUT2D eigenvalue weighted by Gasteiger charge is 2.12. The molecule has 0 fully saturated rings. The molecular formula is C21H23N3O5. The Labute approximate surface area is 168 Å². The van der Waals surface area contributed by atoms with Gasteiger partial charge in [0.05, 0.1) is 6.42 Å². The van der Waals surface area contributed by atoms with Crippen molar-refractivity contribution < 1.29 is 23.9 Å². The summed E-state index contributed by atoms with van der Waals surface area (Å²) in [6, 6.07) is 15.6. The van der Waals surface area contributed by atoms with Gasteiger partial charge >= 0.3 is 12.0 Å². The zero-order valence-corrected chi connectivity index (χ0v) is 16.1. The van der Waals surface area contributed by atoms with Crippen molar-refractivity contribution in [3.05, 3.63) is 71.3 Å². The molecule has 2 aromatic rings. The summed E-state index contributed by atoms with van der Waals surface area (Å²) in [6.07, 6.45) is -0.0922. The smallest absolute Gasteiger partial charge is 0.321 e. The van der Waals surface area contributed by atoms with Crippen LogP contribution in [-0.2, 0) is 20.9 Å². The van der Waals surface area contributed by atoms with E-state index in [1.165, 1.54) is 0 Å².